The van der Waals surface area contributed by atoms with Crippen molar-refractivity contribution >= 4 is 40.9 Å². The average Bonchev–Trinajstić information content (AvgIpc) is 2.99. The number of benzene rings is 1. The molecule has 0 saturated carbocycles. The van der Waals surface area contributed by atoms with Crippen molar-refractivity contribution in [3.8, 4) is 5.88 Å². The molecule has 4 rings (SSSR count). The van der Waals surface area contributed by atoms with Gasteiger partial charge < -0.3 is 35.3 Å². The van der Waals surface area contributed by atoms with E-state index in [0.29, 0.717) is 57.1 Å². The molecule has 42 heavy (non-hydrogen) atoms. The van der Waals surface area contributed by atoms with Crippen LogP contribution in [0.25, 0.3) is 0 Å². The van der Waals surface area contributed by atoms with Crippen LogP contribution in [0.3, 0.4) is 0 Å². The van der Waals surface area contributed by atoms with Crippen molar-refractivity contribution in [2.45, 2.75) is 18.6 Å². The number of morpholine rings is 1. The van der Waals surface area contributed by atoms with Crippen LogP contribution in [0.4, 0.5) is 11.5 Å². The van der Waals surface area contributed by atoms with E-state index in [2.05, 4.69) is 20.5 Å². The topological polar surface area (TPSA) is 158 Å². The van der Waals surface area contributed by atoms with Crippen LogP contribution in [0.15, 0.2) is 30.3 Å². The summed E-state index contributed by atoms with van der Waals surface area (Å²) >= 11 is 6.06. The first-order chi connectivity index (χ1) is 20.3. The largest absolute Gasteiger partial charge is 0.480 e. The summed E-state index contributed by atoms with van der Waals surface area (Å²) in [5, 5.41) is 5.97. The van der Waals surface area contributed by atoms with E-state index in [1.807, 2.05) is 4.90 Å². The number of anilines is 2. The summed E-state index contributed by atoms with van der Waals surface area (Å²) in [4.78, 5) is 46.2. The third kappa shape index (κ3) is 8.52. The molecule has 3 heterocycles. The smallest absolute Gasteiger partial charge is 0.338 e. The number of aromatic nitrogens is 1. The van der Waals surface area contributed by atoms with Gasteiger partial charge in [-0.3, -0.25) is 19.4 Å². The zero-order valence-electron chi connectivity index (χ0n) is 23.8. The van der Waals surface area contributed by atoms with Crippen LogP contribution in [0.2, 0.25) is 5.02 Å². The quantitative estimate of drug-likeness (QED) is 0.317. The molecule has 2 amide bonds. The highest BCUT2D eigenvalue weighted by atomic mass is 35.5. The number of likely N-dealkylation sites (tertiary alicyclic amines) is 1. The number of carbonyl (C=O) groups excluding carboxylic acids is 3. The van der Waals surface area contributed by atoms with E-state index in [1.54, 1.807) is 31.4 Å². The van der Waals surface area contributed by atoms with E-state index in [4.69, 9.17) is 36.3 Å². The summed E-state index contributed by atoms with van der Waals surface area (Å²) in [6.45, 7) is 5.16. The van der Waals surface area contributed by atoms with Crippen LogP contribution in [-0.4, -0.2) is 118 Å². The number of nitrogens with zero attached hydrogens (tertiary/aromatic N) is 3. The van der Waals surface area contributed by atoms with E-state index in [9.17, 15) is 14.4 Å². The maximum absolute atomic E-state index is 13.0. The number of ether oxygens (including phenoxy) is 4. The van der Waals surface area contributed by atoms with Gasteiger partial charge in [0.05, 0.1) is 49.6 Å². The molecule has 2 aliphatic heterocycles. The number of piperidine rings is 1. The predicted octanol–water partition coefficient (Wildman–Crippen LogP) is 1.27. The minimum Gasteiger partial charge on any atom is -0.480 e. The lowest BCUT2D eigenvalue weighted by Crippen LogP contribution is -2.55. The van der Waals surface area contributed by atoms with Gasteiger partial charge in [-0.05, 0) is 36.8 Å². The number of nitrogen functional groups attached to an aromatic ring is 1. The van der Waals surface area contributed by atoms with Crippen molar-refractivity contribution in [3.63, 3.8) is 0 Å². The fraction of sp³-hybridized carbons (Fsp3) is 0.500. The number of methoxy groups -OCH3 is 2. The zero-order valence-corrected chi connectivity index (χ0v) is 24.5. The van der Waals surface area contributed by atoms with Crippen molar-refractivity contribution < 1.29 is 33.3 Å². The maximum atomic E-state index is 13.0. The van der Waals surface area contributed by atoms with Gasteiger partial charge in [0.1, 0.15) is 18.0 Å². The summed E-state index contributed by atoms with van der Waals surface area (Å²) in [6.07, 6.45) is 0.199. The molecular formula is C28H37ClN6O7. The highest BCUT2D eigenvalue weighted by molar-refractivity contribution is 6.33. The summed E-state index contributed by atoms with van der Waals surface area (Å²) in [5.74, 6) is -0.883. The molecule has 2 saturated heterocycles. The Morgan fingerprint density at radius 3 is 2.55 bits per heavy atom. The summed E-state index contributed by atoms with van der Waals surface area (Å²) in [7, 11) is 2.95. The van der Waals surface area contributed by atoms with Crippen LogP contribution >= 0.6 is 11.6 Å². The Bertz CT molecular complexity index is 1240. The molecule has 1 aromatic heterocycles. The van der Waals surface area contributed by atoms with Crippen LogP contribution in [0.1, 0.15) is 27.1 Å². The number of nitrogens with two attached hydrogens (primary N) is 1. The highest BCUT2D eigenvalue weighted by Crippen LogP contribution is 2.25. The third-order valence-corrected chi connectivity index (χ3v) is 7.49. The molecule has 14 heteroatoms. The minimum absolute atomic E-state index is 0.0694. The molecule has 2 fully saturated rings. The van der Waals surface area contributed by atoms with Gasteiger partial charge in [-0.2, -0.15) is 4.98 Å². The van der Waals surface area contributed by atoms with Crippen LogP contribution in [0, 0.1) is 0 Å². The molecule has 0 spiro atoms. The first-order valence-corrected chi connectivity index (χ1v) is 14.1. The molecule has 0 radical (unpaired) electrons. The number of amides is 2. The molecule has 13 nitrogen and oxygen atoms in total. The number of hydrogen-bond donors (Lipinski definition) is 3. The first kappa shape index (κ1) is 31.4. The Labute approximate surface area is 249 Å². The van der Waals surface area contributed by atoms with Gasteiger partial charge in [0.15, 0.2) is 0 Å². The van der Waals surface area contributed by atoms with E-state index >= 15 is 0 Å². The second-order valence-corrected chi connectivity index (χ2v) is 10.4. The molecule has 228 valence electrons. The van der Waals surface area contributed by atoms with Crippen LogP contribution in [-0.2, 0) is 19.0 Å². The number of halogens is 1. The van der Waals surface area contributed by atoms with E-state index in [0.717, 1.165) is 13.1 Å². The monoisotopic (exact) mass is 604 g/mol. The van der Waals surface area contributed by atoms with Crippen molar-refractivity contribution in [2.75, 3.05) is 84.4 Å². The molecular weight excluding hydrogens is 568 g/mol. The Kier molecular flexibility index (Phi) is 11.3. The van der Waals surface area contributed by atoms with E-state index < -0.39 is 11.9 Å². The number of rotatable bonds is 11. The number of esters is 1. The van der Waals surface area contributed by atoms with Crippen molar-refractivity contribution in [3.05, 3.63) is 46.5 Å². The lowest BCUT2D eigenvalue weighted by Gasteiger charge is -2.37. The normalized spacial score (nSPS) is 19.6. The highest BCUT2D eigenvalue weighted by Gasteiger charge is 2.32. The minimum atomic E-state index is -0.413. The lowest BCUT2D eigenvalue weighted by molar-refractivity contribution is -0.118. The number of nitrogens with one attached hydrogen (secondary N) is 2. The van der Waals surface area contributed by atoms with Gasteiger partial charge in [-0.15, -0.1) is 0 Å². The van der Waals surface area contributed by atoms with E-state index in [1.165, 1.54) is 13.2 Å². The van der Waals surface area contributed by atoms with Gasteiger partial charge >= 0.3 is 5.97 Å². The molecule has 0 bridgehead atoms. The molecule has 0 aliphatic carbocycles. The standard InChI is InChI=1S/C28H37ClN6O7/c1-39-23-16-35(8-7-22(23)32-26(37)20-15-21(29)25(30)33-27(20)40-2)17-24(36)31-19-5-3-18(4-6-19)28(38)42-14-11-34-9-12-41-13-10-34/h3-6,15,22-23H,7-14,16-17H2,1-2H3,(H2,30,33)(H,31,36)(H,32,37)/t22-,23+/m1/s1. The second-order valence-electron chi connectivity index (χ2n) is 10.0. The van der Waals surface area contributed by atoms with Crippen LogP contribution in [0.5, 0.6) is 5.88 Å². The van der Waals surface area contributed by atoms with Crippen molar-refractivity contribution in [1.29, 1.82) is 0 Å². The number of pyridine rings is 1. The molecule has 0 unspecified atom stereocenters. The molecule has 2 atom stereocenters. The van der Waals surface area contributed by atoms with Gasteiger partial charge in [0.2, 0.25) is 11.8 Å². The van der Waals surface area contributed by atoms with Gasteiger partial charge in [-0.25, -0.2) is 4.79 Å². The van der Waals surface area contributed by atoms with Gasteiger partial charge in [0, 0.05) is 45.5 Å². The summed E-state index contributed by atoms with van der Waals surface area (Å²) < 4.78 is 21.5. The summed E-state index contributed by atoms with van der Waals surface area (Å²) in [5.41, 5.74) is 6.87. The summed E-state index contributed by atoms with van der Waals surface area (Å²) in [6, 6.07) is 7.71. The van der Waals surface area contributed by atoms with Crippen LogP contribution < -0.4 is 21.1 Å². The lowest BCUT2D eigenvalue weighted by atomic mass is 10.0. The number of carbonyl (C=O) groups is 3. The Balaban J connectivity index is 1.22. The Hall–Kier alpha value is -3.49. The molecule has 4 N–H and O–H groups in total. The fourth-order valence-corrected chi connectivity index (χ4v) is 5.00. The second kappa shape index (κ2) is 15.1. The van der Waals surface area contributed by atoms with Gasteiger partial charge in [0.25, 0.3) is 5.91 Å². The Morgan fingerprint density at radius 2 is 1.86 bits per heavy atom. The Morgan fingerprint density at radius 1 is 1.12 bits per heavy atom. The number of hydrogen-bond acceptors (Lipinski definition) is 11. The average molecular weight is 605 g/mol. The molecule has 1 aromatic carbocycles. The first-order valence-electron chi connectivity index (χ1n) is 13.7. The molecule has 2 aromatic rings. The zero-order chi connectivity index (χ0) is 30.1. The van der Waals surface area contributed by atoms with Crippen molar-refractivity contribution in [1.82, 2.24) is 20.1 Å². The van der Waals surface area contributed by atoms with Gasteiger partial charge in [-0.1, -0.05) is 11.6 Å². The maximum Gasteiger partial charge on any atom is 0.338 e. The fourth-order valence-electron chi connectivity index (χ4n) is 4.85. The third-order valence-electron chi connectivity index (χ3n) is 7.18. The molecule has 2 aliphatic rings. The SMILES string of the molecule is COc1nc(N)c(Cl)cc1C(=O)N[C@@H]1CCN(CC(=O)Nc2ccc(C(=O)OCCN3CCOCC3)cc2)C[C@@H]1OC. The predicted molar refractivity (Wildman–Crippen MR) is 156 cm³/mol. The van der Waals surface area contributed by atoms with E-state index in [-0.39, 0.29) is 46.9 Å². The van der Waals surface area contributed by atoms with Crippen molar-refractivity contribution in [2.24, 2.45) is 0 Å².